The summed E-state index contributed by atoms with van der Waals surface area (Å²) in [4.78, 5) is 6.01. The minimum Gasteiger partial charge on any atom is -0.388 e. The number of para-hydroxylation sites is 2. The lowest BCUT2D eigenvalue weighted by Crippen LogP contribution is -2.26. The molecule has 0 aliphatic carbocycles. The number of benzene rings is 2. The van der Waals surface area contributed by atoms with Crippen molar-refractivity contribution in [1.29, 1.82) is 0 Å². The van der Waals surface area contributed by atoms with E-state index in [1.54, 1.807) is 15.6 Å². The highest BCUT2D eigenvalue weighted by Crippen LogP contribution is 2.38. The zero-order valence-electron chi connectivity index (χ0n) is 12.9. The van der Waals surface area contributed by atoms with Crippen molar-refractivity contribution in [2.24, 2.45) is 0 Å². The number of anilines is 2. The minimum absolute atomic E-state index is 0.255. The average Bonchev–Trinajstić information content (AvgIpc) is 3.04. The van der Waals surface area contributed by atoms with E-state index < -0.39 is 11.7 Å². The van der Waals surface area contributed by atoms with Gasteiger partial charge in [-0.15, -0.1) is 5.10 Å². The predicted octanol–water partition coefficient (Wildman–Crippen LogP) is 3.43. The van der Waals surface area contributed by atoms with Gasteiger partial charge >= 0.3 is 6.18 Å². The van der Waals surface area contributed by atoms with Gasteiger partial charge in [0.15, 0.2) is 11.6 Å². The molecule has 0 saturated heterocycles. The first-order valence-electron chi connectivity index (χ1n) is 7.57. The second-order valence-corrected chi connectivity index (χ2v) is 5.64. The molecule has 0 spiro atoms. The van der Waals surface area contributed by atoms with Gasteiger partial charge in [-0.25, -0.2) is 9.67 Å². The summed E-state index contributed by atoms with van der Waals surface area (Å²) < 4.78 is 40.8. The Bertz CT molecular complexity index is 936. The number of hydrogen-bond donors (Lipinski definition) is 1. The molecule has 0 bridgehead atoms. The third-order valence-electron chi connectivity index (χ3n) is 4.04. The molecule has 0 saturated carbocycles. The molecule has 1 N–H and O–H groups in total. The first kappa shape index (κ1) is 15.6. The summed E-state index contributed by atoms with van der Waals surface area (Å²) in [7, 11) is 0. The maximum atomic E-state index is 13.0. The summed E-state index contributed by atoms with van der Waals surface area (Å²) in [6.07, 6.45) is -4.41. The molecule has 0 unspecified atom stereocenters. The van der Waals surface area contributed by atoms with Gasteiger partial charge in [-0.2, -0.15) is 13.2 Å². The Kier molecular flexibility index (Phi) is 3.50. The molecule has 128 valence electrons. The topological polar surface area (TPSA) is 54.2 Å². The molecule has 1 aliphatic heterocycles. The maximum Gasteiger partial charge on any atom is 0.416 e. The van der Waals surface area contributed by atoms with Crippen LogP contribution < -0.4 is 4.90 Å². The molecule has 0 atom stereocenters. The van der Waals surface area contributed by atoms with Crippen molar-refractivity contribution in [1.82, 2.24) is 14.8 Å². The van der Waals surface area contributed by atoms with Gasteiger partial charge in [0.05, 0.1) is 23.5 Å². The van der Waals surface area contributed by atoms with Crippen LogP contribution in [0.3, 0.4) is 0 Å². The van der Waals surface area contributed by atoms with Gasteiger partial charge in [-0.05, 0) is 30.3 Å². The SMILES string of the molecule is OCc1nc2n(n1)-c1ccccc1N(c1cccc(C(F)(F)F)c1)C2. The second-order valence-electron chi connectivity index (χ2n) is 5.64. The van der Waals surface area contributed by atoms with E-state index in [1.807, 2.05) is 24.3 Å². The van der Waals surface area contributed by atoms with E-state index in [9.17, 15) is 18.3 Å². The molecule has 0 amide bonds. The van der Waals surface area contributed by atoms with E-state index in [0.29, 0.717) is 17.2 Å². The fourth-order valence-corrected chi connectivity index (χ4v) is 2.93. The molecule has 1 aromatic heterocycles. The summed E-state index contributed by atoms with van der Waals surface area (Å²) in [6.45, 7) is -0.0446. The maximum absolute atomic E-state index is 13.0. The lowest BCUT2D eigenvalue weighted by atomic mass is 10.1. The first-order chi connectivity index (χ1) is 12.0. The third kappa shape index (κ3) is 2.64. The van der Waals surface area contributed by atoms with Gasteiger partial charge in [0.2, 0.25) is 0 Å². The van der Waals surface area contributed by atoms with Gasteiger partial charge < -0.3 is 10.0 Å². The second kappa shape index (κ2) is 5.59. The molecule has 8 heteroatoms. The summed E-state index contributed by atoms with van der Waals surface area (Å²) in [6, 6.07) is 12.5. The standard InChI is InChI=1S/C17H13F3N4O/c18-17(19,20)11-4-3-5-12(8-11)23-9-16-21-15(10-25)22-24(16)14-7-2-1-6-13(14)23/h1-8,25H,9-10H2. The van der Waals surface area contributed by atoms with E-state index in [2.05, 4.69) is 10.1 Å². The summed E-state index contributed by atoms with van der Waals surface area (Å²) >= 11 is 0. The third-order valence-corrected chi connectivity index (χ3v) is 4.04. The summed E-state index contributed by atoms with van der Waals surface area (Å²) in [5.41, 5.74) is 1.14. The van der Waals surface area contributed by atoms with Gasteiger partial charge in [-0.3, -0.25) is 0 Å². The van der Waals surface area contributed by atoms with Crippen molar-refractivity contribution < 1.29 is 18.3 Å². The quantitative estimate of drug-likeness (QED) is 0.772. The number of hydrogen-bond acceptors (Lipinski definition) is 4. The number of halogens is 3. The molecular weight excluding hydrogens is 333 g/mol. The number of nitrogens with zero attached hydrogens (tertiary/aromatic N) is 4. The molecular formula is C17H13F3N4O. The van der Waals surface area contributed by atoms with E-state index >= 15 is 0 Å². The Morgan fingerprint density at radius 3 is 2.52 bits per heavy atom. The van der Waals surface area contributed by atoms with Crippen LogP contribution in [0.5, 0.6) is 0 Å². The van der Waals surface area contributed by atoms with Crippen molar-refractivity contribution >= 4 is 11.4 Å². The lowest BCUT2D eigenvalue weighted by molar-refractivity contribution is -0.137. The fraction of sp³-hybridized carbons (Fsp3) is 0.176. The van der Waals surface area contributed by atoms with Crippen LogP contribution >= 0.6 is 0 Å². The van der Waals surface area contributed by atoms with Gasteiger partial charge in [0.25, 0.3) is 0 Å². The van der Waals surface area contributed by atoms with Crippen LogP contribution in [-0.2, 0) is 19.3 Å². The summed E-state index contributed by atoms with van der Waals surface area (Å²) in [5, 5.41) is 13.5. The Balaban J connectivity index is 1.84. The molecule has 25 heavy (non-hydrogen) atoms. The van der Waals surface area contributed by atoms with E-state index in [4.69, 9.17) is 0 Å². The van der Waals surface area contributed by atoms with Crippen LogP contribution in [0.2, 0.25) is 0 Å². The number of aliphatic hydroxyl groups is 1. The van der Waals surface area contributed by atoms with Crippen molar-refractivity contribution in [3.8, 4) is 5.69 Å². The largest absolute Gasteiger partial charge is 0.416 e. The molecule has 1 aliphatic rings. The Morgan fingerprint density at radius 2 is 1.80 bits per heavy atom. The smallest absolute Gasteiger partial charge is 0.388 e. The monoisotopic (exact) mass is 346 g/mol. The van der Waals surface area contributed by atoms with Gasteiger partial charge in [-0.1, -0.05) is 18.2 Å². The first-order valence-corrected chi connectivity index (χ1v) is 7.57. The fourth-order valence-electron chi connectivity index (χ4n) is 2.93. The Labute approximate surface area is 141 Å². The van der Waals surface area contributed by atoms with Crippen molar-refractivity contribution in [2.75, 3.05) is 4.90 Å². The minimum atomic E-state index is -4.41. The molecule has 5 nitrogen and oxygen atoms in total. The number of aromatic nitrogens is 3. The van der Waals surface area contributed by atoms with E-state index in [-0.39, 0.29) is 19.0 Å². The lowest BCUT2D eigenvalue weighted by Gasteiger charge is -2.31. The van der Waals surface area contributed by atoms with Crippen molar-refractivity contribution in [2.45, 2.75) is 19.3 Å². The predicted molar refractivity (Wildman–Crippen MR) is 84.6 cm³/mol. The van der Waals surface area contributed by atoms with Crippen LogP contribution in [0.15, 0.2) is 48.5 Å². The highest BCUT2D eigenvalue weighted by Gasteiger charge is 2.32. The molecule has 3 aromatic rings. The van der Waals surface area contributed by atoms with E-state index in [0.717, 1.165) is 17.8 Å². The van der Waals surface area contributed by atoms with Crippen LogP contribution in [0, 0.1) is 0 Å². The van der Waals surface area contributed by atoms with Gasteiger partial charge in [0, 0.05) is 5.69 Å². The van der Waals surface area contributed by atoms with Crippen molar-refractivity contribution in [3.05, 3.63) is 65.7 Å². The molecule has 2 aromatic carbocycles. The molecule has 2 heterocycles. The molecule has 4 rings (SSSR count). The highest BCUT2D eigenvalue weighted by atomic mass is 19.4. The number of fused-ring (bicyclic) bond motifs is 3. The Morgan fingerprint density at radius 1 is 1.04 bits per heavy atom. The zero-order chi connectivity index (χ0) is 17.6. The van der Waals surface area contributed by atoms with Crippen LogP contribution in [0.4, 0.5) is 24.5 Å². The summed E-state index contributed by atoms with van der Waals surface area (Å²) in [5.74, 6) is 0.829. The van der Waals surface area contributed by atoms with Crippen molar-refractivity contribution in [3.63, 3.8) is 0 Å². The van der Waals surface area contributed by atoms with Gasteiger partial charge in [0.1, 0.15) is 6.61 Å². The molecule has 0 fully saturated rings. The Hall–Kier alpha value is -2.87. The molecule has 0 radical (unpaired) electrons. The number of alkyl halides is 3. The number of aliphatic hydroxyl groups excluding tert-OH is 1. The van der Waals surface area contributed by atoms with Crippen LogP contribution in [0.25, 0.3) is 5.69 Å². The van der Waals surface area contributed by atoms with Crippen LogP contribution in [0.1, 0.15) is 17.2 Å². The number of rotatable bonds is 2. The normalized spacial score (nSPS) is 13.5. The highest BCUT2D eigenvalue weighted by molar-refractivity contribution is 5.73. The van der Waals surface area contributed by atoms with E-state index in [1.165, 1.54) is 6.07 Å². The average molecular weight is 346 g/mol. The zero-order valence-corrected chi connectivity index (χ0v) is 12.9. The van der Waals surface area contributed by atoms with Crippen LogP contribution in [-0.4, -0.2) is 19.9 Å².